The van der Waals surface area contributed by atoms with Gasteiger partial charge >= 0.3 is 0 Å². The lowest BCUT2D eigenvalue weighted by atomic mass is 9.90. The predicted molar refractivity (Wildman–Crippen MR) is 89.2 cm³/mol. The van der Waals surface area contributed by atoms with E-state index < -0.39 is 0 Å². The first-order valence-corrected chi connectivity index (χ1v) is 7.72. The van der Waals surface area contributed by atoms with Gasteiger partial charge in [-0.1, -0.05) is 12.1 Å². The van der Waals surface area contributed by atoms with Gasteiger partial charge in [0.2, 0.25) is 5.91 Å². The highest BCUT2D eigenvalue weighted by molar-refractivity contribution is 5.92. The predicted octanol–water partition coefficient (Wildman–Crippen LogP) is 3.68. The molecule has 0 aliphatic carbocycles. The Kier molecular flexibility index (Phi) is 4.95. The largest absolute Gasteiger partial charge is 0.326 e. The molecule has 1 aromatic rings. The van der Waals surface area contributed by atoms with Gasteiger partial charge in [0, 0.05) is 17.6 Å². The Balaban J connectivity index is 0.00000161. The summed E-state index contributed by atoms with van der Waals surface area (Å²) in [5, 5.41) is 3.12. The highest BCUT2D eigenvalue weighted by Crippen LogP contribution is 2.41. The van der Waals surface area contributed by atoms with Crippen LogP contribution in [0, 0.1) is 13.8 Å². The molecule has 0 aromatic heterocycles. The number of rotatable bonds is 3. The average Bonchev–Trinajstić information content (AvgIpc) is 2.94. The molecule has 0 unspecified atom stereocenters. The Labute approximate surface area is 133 Å². The fraction of sp³-hybridized carbons (Fsp3) is 0.588. The van der Waals surface area contributed by atoms with Crippen molar-refractivity contribution in [2.45, 2.75) is 51.5 Å². The summed E-state index contributed by atoms with van der Waals surface area (Å²) < 4.78 is 0. The molecule has 2 aliphatic rings. The molecule has 1 amide bonds. The van der Waals surface area contributed by atoms with Gasteiger partial charge in [-0.2, -0.15) is 0 Å². The minimum atomic E-state index is 0. The molecule has 0 atom stereocenters. The molecule has 0 spiro atoms. The van der Waals surface area contributed by atoms with Crippen molar-refractivity contribution in [3.8, 4) is 0 Å². The first-order chi connectivity index (χ1) is 9.61. The number of hydrogen-bond donors (Lipinski definition) is 1. The van der Waals surface area contributed by atoms with E-state index in [1.165, 1.54) is 49.9 Å². The molecule has 0 saturated carbocycles. The van der Waals surface area contributed by atoms with E-state index in [9.17, 15) is 4.79 Å². The number of nitrogens with one attached hydrogen (secondary N) is 1. The van der Waals surface area contributed by atoms with Crippen LogP contribution in [0.3, 0.4) is 0 Å². The Bertz CT molecular complexity index is 520. The molecular weight excluding hydrogens is 284 g/mol. The Morgan fingerprint density at radius 3 is 2.57 bits per heavy atom. The summed E-state index contributed by atoms with van der Waals surface area (Å²) in [4.78, 5) is 15.0. The minimum absolute atomic E-state index is 0. The maximum atomic E-state index is 12.4. The number of benzene rings is 1. The standard InChI is InChI=1S/C17H24N2O.ClH/c1-13-6-3-7-15(14(13)2)18-16(20)12-17-8-4-10-19(17)11-5-9-17;/h3,6-7H,4-5,8-12H2,1-2H3,(H,18,20);1H. The van der Waals surface area contributed by atoms with Crippen LogP contribution in [0.1, 0.15) is 43.2 Å². The number of aryl methyl sites for hydroxylation is 1. The van der Waals surface area contributed by atoms with E-state index in [2.05, 4.69) is 30.1 Å². The van der Waals surface area contributed by atoms with Gasteiger partial charge in [0.25, 0.3) is 0 Å². The second-order valence-electron chi connectivity index (χ2n) is 6.39. The highest BCUT2D eigenvalue weighted by atomic mass is 35.5. The molecule has 4 heteroatoms. The average molecular weight is 309 g/mol. The van der Waals surface area contributed by atoms with Crippen LogP contribution in [0.4, 0.5) is 5.69 Å². The van der Waals surface area contributed by atoms with Crippen molar-refractivity contribution in [1.29, 1.82) is 0 Å². The first kappa shape index (κ1) is 16.3. The van der Waals surface area contributed by atoms with Gasteiger partial charge in [-0.05, 0) is 69.8 Å². The molecular formula is C17H25ClN2O. The summed E-state index contributed by atoms with van der Waals surface area (Å²) in [5.74, 6) is 0.174. The SMILES string of the molecule is Cc1cccc(NC(=O)CC23CCCN2CCC3)c1C.Cl. The number of anilines is 1. The van der Waals surface area contributed by atoms with E-state index in [0.29, 0.717) is 6.42 Å². The second-order valence-corrected chi connectivity index (χ2v) is 6.39. The minimum Gasteiger partial charge on any atom is -0.326 e. The van der Waals surface area contributed by atoms with Crippen LogP contribution in [0.15, 0.2) is 18.2 Å². The molecule has 3 rings (SSSR count). The lowest BCUT2D eigenvalue weighted by molar-refractivity contribution is -0.118. The highest BCUT2D eigenvalue weighted by Gasteiger charge is 2.45. The second kappa shape index (κ2) is 6.37. The number of halogens is 1. The third-order valence-electron chi connectivity index (χ3n) is 5.18. The summed E-state index contributed by atoms with van der Waals surface area (Å²) in [6, 6.07) is 6.09. The van der Waals surface area contributed by atoms with Crippen molar-refractivity contribution in [1.82, 2.24) is 4.90 Å². The van der Waals surface area contributed by atoms with Crippen LogP contribution in [-0.4, -0.2) is 29.4 Å². The number of hydrogen-bond acceptors (Lipinski definition) is 2. The van der Waals surface area contributed by atoms with E-state index in [4.69, 9.17) is 0 Å². The molecule has 2 fully saturated rings. The van der Waals surface area contributed by atoms with Crippen LogP contribution in [-0.2, 0) is 4.79 Å². The van der Waals surface area contributed by atoms with Gasteiger partial charge in [-0.15, -0.1) is 12.4 Å². The number of nitrogens with zero attached hydrogens (tertiary/aromatic N) is 1. The Morgan fingerprint density at radius 2 is 1.90 bits per heavy atom. The molecule has 1 N–H and O–H groups in total. The molecule has 2 aliphatic heterocycles. The number of carbonyl (C=O) groups is 1. The fourth-order valence-electron chi connectivity index (χ4n) is 3.89. The Hall–Kier alpha value is -1.06. The van der Waals surface area contributed by atoms with Gasteiger partial charge in [0.1, 0.15) is 0 Å². The Morgan fingerprint density at radius 1 is 1.24 bits per heavy atom. The summed E-state index contributed by atoms with van der Waals surface area (Å²) in [7, 11) is 0. The van der Waals surface area contributed by atoms with Gasteiger partial charge in [0.05, 0.1) is 0 Å². The van der Waals surface area contributed by atoms with Crippen LogP contribution < -0.4 is 5.32 Å². The van der Waals surface area contributed by atoms with Crippen LogP contribution in [0.2, 0.25) is 0 Å². The molecule has 1 aromatic carbocycles. The summed E-state index contributed by atoms with van der Waals surface area (Å²) in [5.41, 5.74) is 3.54. The van der Waals surface area contributed by atoms with Gasteiger partial charge in [-0.3, -0.25) is 9.69 Å². The monoisotopic (exact) mass is 308 g/mol. The lowest BCUT2D eigenvalue weighted by Crippen LogP contribution is -2.41. The van der Waals surface area contributed by atoms with E-state index in [1.807, 2.05) is 12.1 Å². The zero-order valence-electron chi connectivity index (χ0n) is 12.9. The van der Waals surface area contributed by atoms with Crippen molar-refractivity contribution in [3.05, 3.63) is 29.3 Å². The molecule has 2 saturated heterocycles. The molecule has 2 heterocycles. The smallest absolute Gasteiger partial charge is 0.226 e. The van der Waals surface area contributed by atoms with Crippen LogP contribution >= 0.6 is 12.4 Å². The number of amides is 1. The quantitative estimate of drug-likeness (QED) is 0.924. The zero-order chi connectivity index (χ0) is 14.2. The fourth-order valence-corrected chi connectivity index (χ4v) is 3.89. The van der Waals surface area contributed by atoms with E-state index >= 15 is 0 Å². The summed E-state index contributed by atoms with van der Waals surface area (Å²) in [6.45, 7) is 6.51. The van der Waals surface area contributed by atoms with Crippen molar-refractivity contribution >= 4 is 24.0 Å². The van der Waals surface area contributed by atoms with Crippen LogP contribution in [0.25, 0.3) is 0 Å². The summed E-state index contributed by atoms with van der Waals surface area (Å²) in [6.07, 6.45) is 5.52. The third-order valence-corrected chi connectivity index (χ3v) is 5.18. The van der Waals surface area contributed by atoms with Gasteiger partial charge in [-0.25, -0.2) is 0 Å². The van der Waals surface area contributed by atoms with Crippen molar-refractivity contribution in [3.63, 3.8) is 0 Å². The van der Waals surface area contributed by atoms with Crippen molar-refractivity contribution in [2.75, 3.05) is 18.4 Å². The summed E-state index contributed by atoms with van der Waals surface area (Å²) >= 11 is 0. The van der Waals surface area contributed by atoms with E-state index in [1.54, 1.807) is 0 Å². The molecule has 21 heavy (non-hydrogen) atoms. The van der Waals surface area contributed by atoms with Crippen molar-refractivity contribution in [2.24, 2.45) is 0 Å². The normalized spacial score (nSPS) is 19.9. The number of carbonyl (C=O) groups excluding carboxylic acids is 1. The topological polar surface area (TPSA) is 32.3 Å². The van der Waals surface area contributed by atoms with Crippen LogP contribution in [0.5, 0.6) is 0 Å². The molecule has 3 nitrogen and oxygen atoms in total. The van der Waals surface area contributed by atoms with E-state index in [-0.39, 0.29) is 23.9 Å². The first-order valence-electron chi connectivity index (χ1n) is 7.72. The third kappa shape index (κ3) is 3.09. The molecule has 0 radical (unpaired) electrons. The lowest BCUT2D eigenvalue weighted by Gasteiger charge is -2.31. The maximum absolute atomic E-state index is 12.4. The van der Waals surface area contributed by atoms with E-state index in [0.717, 1.165) is 5.69 Å². The molecule has 0 bridgehead atoms. The number of fused-ring (bicyclic) bond motifs is 1. The van der Waals surface area contributed by atoms with Crippen molar-refractivity contribution < 1.29 is 4.79 Å². The zero-order valence-corrected chi connectivity index (χ0v) is 13.8. The molecule has 116 valence electrons. The van der Waals surface area contributed by atoms with Gasteiger partial charge in [0.15, 0.2) is 0 Å². The van der Waals surface area contributed by atoms with Gasteiger partial charge < -0.3 is 5.32 Å². The maximum Gasteiger partial charge on any atom is 0.226 e.